The average molecular weight is 264 g/mol. The van der Waals surface area contributed by atoms with Gasteiger partial charge in [-0.15, -0.1) is 0 Å². The molecule has 1 heterocycles. The van der Waals surface area contributed by atoms with Gasteiger partial charge in [-0.05, 0) is 36.2 Å². The zero-order chi connectivity index (χ0) is 13.0. The second-order valence-corrected chi connectivity index (χ2v) is 4.35. The minimum absolute atomic E-state index is 0.0864. The van der Waals surface area contributed by atoms with E-state index < -0.39 is 5.82 Å². The molecular formula is C14H11ClFNO. The molecule has 2 nitrogen and oxygen atoms in total. The van der Waals surface area contributed by atoms with Crippen molar-refractivity contribution in [3.05, 3.63) is 64.7 Å². The van der Waals surface area contributed by atoms with E-state index in [4.69, 9.17) is 11.6 Å². The highest BCUT2D eigenvalue weighted by atomic mass is 35.5. The molecule has 4 heteroatoms. The fourth-order valence-electron chi connectivity index (χ4n) is 1.65. The van der Waals surface area contributed by atoms with E-state index in [0.29, 0.717) is 6.42 Å². The van der Waals surface area contributed by atoms with Crippen LogP contribution >= 0.6 is 11.6 Å². The maximum absolute atomic E-state index is 13.5. The molecule has 0 bridgehead atoms. The van der Waals surface area contributed by atoms with E-state index in [-0.39, 0.29) is 22.8 Å². The van der Waals surface area contributed by atoms with Crippen molar-refractivity contribution in [3.63, 3.8) is 0 Å². The molecule has 2 aromatic rings. The summed E-state index contributed by atoms with van der Waals surface area (Å²) in [6.07, 6.45) is 4.18. The highest BCUT2D eigenvalue weighted by molar-refractivity contribution is 6.30. The molecule has 0 aliphatic carbocycles. The predicted molar refractivity (Wildman–Crippen MR) is 68.3 cm³/mol. The van der Waals surface area contributed by atoms with Crippen LogP contribution in [-0.4, -0.2) is 10.8 Å². The van der Waals surface area contributed by atoms with Crippen molar-refractivity contribution in [2.75, 3.05) is 0 Å². The smallest absolute Gasteiger partial charge is 0.166 e. The van der Waals surface area contributed by atoms with Crippen LogP contribution in [0.4, 0.5) is 4.39 Å². The van der Waals surface area contributed by atoms with Crippen LogP contribution in [0.5, 0.6) is 0 Å². The monoisotopic (exact) mass is 263 g/mol. The Morgan fingerprint density at radius 3 is 2.83 bits per heavy atom. The number of benzene rings is 1. The average Bonchev–Trinajstić information content (AvgIpc) is 2.37. The third-order valence-corrected chi connectivity index (χ3v) is 2.83. The standard InChI is InChI=1S/C14H11ClFNO/c15-11-4-5-12(13(16)8-11)14(18)6-3-10-2-1-7-17-9-10/h1-2,4-5,7-9H,3,6H2. The summed E-state index contributed by atoms with van der Waals surface area (Å²) in [4.78, 5) is 15.8. The van der Waals surface area contributed by atoms with Gasteiger partial charge in [0.05, 0.1) is 5.56 Å². The molecule has 0 fully saturated rings. The zero-order valence-corrected chi connectivity index (χ0v) is 10.3. The summed E-state index contributed by atoms with van der Waals surface area (Å²) in [6, 6.07) is 7.78. The molecule has 0 radical (unpaired) electrons. The second kappa shape index (κ2) is 5.74. The molecular weight excluding hydrogens is 253 g/mol. The molecule has 0 unspecified atom stereocenters. The highest BCUT2D eigenvalue weighted by Crippen LogP contribution is 2.16. The van der Waals surface area contributed by atoms with Gasteiger partial charge in [-0.3, -0.25) is 9.78 Å². The fourth-order valence-corrected chi connectivity index (χ4v) is 1.81. The molecule has 18 heavy (non-hydrogen) atoms. The summed E-state index contributed by atoms with van der Waals surface area (Å²) in [5.41, 5.74) is 1.04. The van der Waals surface area contributed by atoms with Crippen molar-refractivity contribution in [2.45, 2.75) is 12.8 Å². The molecule has 0 aliphatic heterocycles. The SMILES string of the molecule is O=C(CCc1cccnc1)c1ccc(Cl)cc1F. The van der Waals surface area contributed by atoms with Gasteiger partial charge in [-0.25, -0.2) is 4.39 Å². The van der Waals surface area contributed by atoms with Crippen LogP contribution in [0, 0.1) is 5.82 Å². The molecule has 0 aliphatic rings. The van der Waals surface area contributed by atoms with Gasteiger partial charge < -0.3 is 0 Å². The Bertz CT molecular complexity index is 557. The first kappa shape index (κ1) is 12.7. The van der Waals surface area contributed by atoms with Crippen LogP contribution in [0.1, 0.15) is 22.3 Å². The number of hydrogen-bond donors (Lipinski definition) is 0. The first-order valence-electron chi connectivity index (χ1n) is 5.54. The second-order valence-electron chi connectivity index (χ2n) is 3.91. The van der Waals surface area contributed by atoms with Crippen molar-refractivity contribution in [3.8, 4) is 0 Å². The maximum Gasteiger partial charge on any atom is 0.166 e. The van der Waals surface area contributed by atoms with Crippen molar-refractivity contribution in [1.29, 1.82) is 0 Å². The number of carbonyl (C=O) groups excluding carboxylic acids is 1. The van der Waals surface area contributed by atoms with Gasteiger partial charge in [0.15, 0.2) is 5.78 Å². The fraction of sp³-hybridized carbons (Fsp3) is 0.143. The molecule has 0 spiro atoms. The number of rotatable bonds is 4. The van der Waals surface area contributed by atoms with Crippen LogP contribution in [0.25, 0.3) is 0 Å². The number of aryl methyl sites for hydroxylation is 1. The van der Waals surface area contributed by atoms with Gasteiger partial charge in [0, 0.05) is 23.8 Å². The third-order valence-electron chi connectivity index (χ3n) is 2.60. The Hall–Kier alpha value is -1.74. The summed E-state index contributed by atoms with van der Waals surface area (Å²) in [6.45, 7) is 0. The van der Waals surface area contributed by atoms with E-state index >= 15 is 0 Å². The molecule has 0 amide bonds. The largest absolute Gasteiger partial charge is 0.294 e. The van der Waals surface area contributed by atoms with Crippen LogP contribution < -0.4 is 0 Å². The molecule has 92 valence electrons. The number of halogens is 2. The van der Waals surface area contributed by atoms with Gasteiger partial charge in [0.25, 0.3) is 0 Å². The molecule has 1 aromatic carbocycles. The highest BCUT2D eigenvalue weighted by Gasteiger charge is 2.11. The summed E-state index contributed by atoms with van der Waals surface area (Å²) < 4.78 is 13.5. The van der Waals surface area contributed by atoms with Crippen molar-refractivity contribution in [2.24, 2.45) is 0 Å². The number of carbonyl (C=O) groups is 1. The van der Waals surface area contributed by atoms with Crippen LogP contribution in [-0.2, 0) is 6.42 Å². The number of nitrogens with zero attached hydrogens (tertiary/aromatic N) is 1. The first-order chi connectivity index (χ1) is 8.66. The minimum Gasteiger partial charge on any atom is -0.294 e. The van der Waals surface area contributed by atoms with Crippen molar-refractivity contribution < 1.29 is 9.18 Å². The van der Waals surface area contributed by atoms with Crippen molar-refractivity contribution >= 4 is 17.4 Å². The van der Waals surface area contributed by atoms with E-state index in [1.807, 2.05) is 12.1 Å². The lowest BCUT2D eigenvalue weighted by atomic mass is 10.0. The Morgan fingerprint density at radius 2 is 2.17 bits per heavy atom. The third kappa shape index (κ3) is 3.14. The Labute approximate surface area is 109 Å². The van der Waals surface area contributed by atoms with Gasteiger partial charge in [0.1, 0.15) is 5.82 Å². The van der Waals surface area contributed by atoms with Gasteiger partial charge in [0.2, 0.25) is 0 Å². The van der Waals surface area contributed by atoms with Gasteiger partial charge >= 0.3 is 0 Å². The summed E-state index contributed by atoms with van der Waals surface area (Å²) in [5.74, 6) is -0.799. The summed E-state index contributed by atoms with van der Waals surface area (Å²) >= 11 is 5.64. The van der Waals surface area contributed by atoms with Crippen LogP contribution in [0.3, 0.4) is 0 Å². The lowest BCUT2D eigenvalue weighted by Gasteiger charge is -2.03. The number of ketones is 1. The summed E-state index contributed by atoms with van der Waals surface area (Å²) in [5, 5.41) is 0.288. The Morgan fingerprint density at radius 1 is 1.33 bits per heavy atom. The van der Waals surface area contributed by atoms with E-state index in [0.717, 1.165) is 11.6 Å². The minimum atomic E-state index is -0.571. The number of aromatic nitrogens is 1. The first-order valence-corrected chi connectivity index (χ1v) is 5.92. The normalized spacial score (nSPS) is 10.3. The predicted octanol–water partition coefficient (Wildman–Crippen LogP) is 3.69. The molecule has 2 rings (SSSR count). The van der Waals surface area contributed by atoms with Crippen LogP contribution in [0.2, 0.25) is 5.02 Å². The topological polar surface area (TPSA) is 30.0 Å². The lowest BCUT2D eigenvalue weighted by Crippen LogP contribution is -2.04. The van der Waals surface area contributed by atoms with E-state index in [2.05, 4.69) is 4.98 Å². The molecule has 0 saturated carbocycles. The molecule has 1 aromatic heterocycles. The molecule has 0 atom stereocenters. The lowest BCUT2D eigenvalue weighted by molar-refractivity contribution is 0.0979. The maximum atomic E-state index is 13.5. The quantitative estimate of drug-likeness (QED) is 0.788. The van der Waals surface area contributed by atoms with E-state index in [1.165, 1.54) is 12.1 Å². The number of hydrogen-bond acceptors (Lipinski definition) is 2. The zero-order valence-electron chi connectivity index (χ0n) is 9.57. The van der Waals surface area contributed by atoms with E-state index in [1.54, 1.807) is 12.4 Å². The van der Waals surface area contributed by atoms with Gasteiger partial charge in [-0.2, -0.15) is 0 Å². The molecule has 0 saturated heterocycles. The Balaban J connectivity index is 2.04. The number of pyridine rings is 1. The van der Waals surface area contributed by atoms with Crippen LogP contribution in [0.15, 0.2) is 42.7 Å². The van der Waals surface area contributed by atoms with Gasteiger partial charge in [-0.1, -0.05) is 17.7 Å². The molecule has 0 N–H and O–H groups in total. The Kier molecular flexibility index (Phi) is 4.05. The summed E-state index contributed by atoms with van der Waals surface area (Å²) in [7, 11) is 0. The van der Waals surface area contributed by atoms with E-state index in [9.17, 15) is 9.18 Å². The van der Waals surface area contributed by atoms with Crippen molar-refractivity contribution in [1.82, 2.24) is 4.98 Å². The number of Topliss-reactive ketones (excluding diaryl/α,β-unsaturated/α-hetero) is 1.